The number of aromatic amines is 1. The van der Waals surface area contributed by atoms with Crippen LogP contribution < -0.4 is 10.3 Å². The zero-order valence-electron chi connectivity index (χ0n) is 21.9. The molecule has 37 heavy (non-hydrogen) atoms. The highest BCUT2D eigenvalue weighted by molar-refractivity contribution is 7.89. The first-order valence-electron chi connectivity index (χ1n) is 12.7. The van der Waals surface area contributed by atoms with Crippen molar-refractivity contribution in [1.29, 1.82) is 0 Å². The fourth-order valence-corrected chi connectivity index (χ4v) is 5.95. The quantitative estimate of drug-likeness (QED) is 0.389. The van der Waals surface area contributed by atoms with Crippen molar-refractivity contribution in [2.75, 3.05) is 53.0 Å². The van der Waals surface area contributed by atoms with Gasteiger partial charge in [-0.1, -0.05) is 13.8 Å². The van der Waals surface area contributed by atoms with E-state index in [1.807, 2.05) is 6.92 Å². The number of pyridine rings is 1. The van der Waals surface area contributed by atoms with Gasteiger partial charge in [-0.2, -0.15) is 9.40 Å². The molecular weight excluding hydrogens is 498 g/mol. The van der Waals surface area contributed by atoms with E-state index in [1.54, 1.807) is 18.7 Å². The Morgan fingerprint density at radius 2 is 1.84 bits per heavy atom. The molecular formula is C24H35N7O5S. The normalized spacial score (nSPS) is 15.5. The van der Waals surface area contributed by atoms with Crippen LogP contribution >= 0.6 is 0 Å². The molecule has 0 saturated carbocycles. The molecule has 1 aliphatic heterocycles. The highest BCUT2D eigenvalue weighted by Crippen LogP contribution is 2.30. The van der Waals surface area contributed by atoms with Crippen molar-refractivity contribution < 1.29 is 17.9 Å². The van der Waals surface area contributed by atoms with Gasteiger partial charge in [0, 0.05) is 33.3 Å². The monoisotopic (exact) mass is 533 g/mol. The molecule has 0 radical (unpaired) electrons. The fraction of sp³-hybridized carbons (Fsp3) is 0.583. The van der Waals surface area contributed by atoms with Gasteiger partial charge in [-0.05, 0) is 32.4 Å². The van der Waals surface area contributed by atoms with E-state index in [0.29, 0.717) is 63.4 Å². The number of ether oxygens (including phenoxy) is 2. The Kier molecular flexibility index (Phi) is 8.57. The number of piperazine rings is 1. The van der Waals surface area contributed by atoms with Crippen LogP contribution in [0.5, 0.6) is 5.88 Å². The number of methoxy groups -OCH3 is 1. The minimum absolute atomic E-state index is 0.0316. The van der Waals surface area contributed by atoms with E-state index in [9.17, 15) is 13.2 Å². The molecule has 0 aliphatic carbocycles. The molecule has 4 heterocycles. The minimum Gasteiger partial charge on any atom is -0.477 e. The van der Waals surface area contributed by atoms with Crippen molar-refractivity contribution in [2.24, 2.45) is 0 Å². The summed E-state index contributed by atoms with van der Waals surface area (Å²) in [6, 6.07) is 1.48. The van der Waals surface area contributed by atoms with Gasteiger partial charge < -0.3 is 19.4 Å². The molecule has 4 rings (SSSR count). The van der Waals surface area contributed by atoms with Crippen LogP contribution in [0.4, 0.5) is 0 Å². The lowest BCUT2D eigenvalue weighted by Crippen LogP contribution is -2.48. The van der Waals surface area contributed by atoms with Crippen LogP contribution in [0.25, 0.3) is 22.4 Å². The lowest BCUT2D eigenvalue weighted by molar-refractivity contribution is 0.183. The maximum atomic E-state index is 13.5. The van der Waals surface area contributed by atoms with Crippen LogP contribution in [0, 0.1) is 0 Å². The van der Waals surface area contributed by atoms with Crippen molar-refractivity contribution >= 4 is 21.1 Å². The third kappa shape index (κ3) is 5.54. The van der Waals surface area contributed by atoms with Crippen LogP contribution in [-0.4, -0.2) is 95.4 Å². The van der Waals surface area contributed by atoms with Gasteiger partial charge in [0.1, 0.15) is 16.2 Å². The zero-order valence-corrected chi connectivity index (χ0v) is 22.7. The number of nitrogens with one attached hydrogen (secondary N) is 1. The number of fused-ring (bicyclic) bond motifs is 1. The number of sulfonamides is 1. The second-order valence-corrected chi connectivity index (χ2v) is 10.8. The molecule has 0 aromatic carbocycles. The predicted molar refractivity (Wildman–Crippen MR) is 139 cm³/mol. The largest absolute Gasteiger partial charge is 0.477 e. The fourth-order valence-electron chi connectivity index (χ4n) is 4.56. The molecule has 1 saturated heterocycles. The third-order valence-corrected chi connectivity index (χ3v) is 8.28. The van der Waals surface area contributed by atoms with Crippen LogP contribution in [0.1, 0.15) is 32.9 Å². The highest BCUT2D eigenvalue weighted by atomic mass is 32.2. The Balaban J connectivity index is 1.77. The average Bonchev–Trinajstić information content (AvgIpc) is 3.26. The summed E-state index contributed by atoms with van der Waals surface area (Å²) in [5, 5.41) is 4.43. The van der Waals surface area contributed by atoms with E-state index < -0.39 is 15.6 Å². The molecule has 3 aromatic heterocycles. The first-order chi connectivity index (χ1) is 17.8. The first-order valence-corrected chi connectivity index (χ1v) is 14.1. The highest BCUT2D eigenvalue weighted by Gasteiger charge is 2.30. The standard InChI is InChI=1S/C24H35N7O5S/c1-5-8-29-9-11-30(12-10-29)37(33,34)17-15-18(24(25-16-17)36-7-3)22-26-20-19(6-2)31(13-14-35-4)28-21(20)23(32)27-22/h15-16H,5-14H2,1-4H3,(H,26,27,32). The van der Waals surface area contributed by atoms with E-state index in [4.69, 9.17) is 14.5 Å². The lowest BCUT2D eigenvalue weighted by Gasteiger charge is -2.33. The van der Waals surface area contributed by atoms with Gasteiger partial charge in [-0.3, -0.25) is 9.48 Å². The van der Waals surface area contributed by atoms with Crippen LogP contribution in [0.2, 0.25) is 0 Å². The summed E-state index contributed by atoms with van der Waals surface area (Å²) in [6.07, 6.45) is 2.93. The summed E-state index contributed by atoms with van der Waals surface area (Å²) in [6.45, 7) is 10.2. The second kappa shape index (κ2) is 11.7. The summed E-state index contributed by atoms with van der Waals surface area (Å²) in [4.78, 5) is 27.1. The Morgan fingerprint density at radius 1 is 1.08 bits per heavy atom. The topological polar surface area (TPSA) is 136 Å². The number of hydrogen-bond acceptors (Lipinski definition) is 9. The Bertz CT molecular complexity index is 1390. The van der Waals surface area contributed by atoms with E-state index in [1.165, 1.54) is 16.6 Å². The number of nitrogens with zero attached hydrogens (tertiary/aromatic N) is 6. The number of aromatic nitrogens is 5. The van der Waals surface area contributed by atoms with Gasteiger partial charge in [-0.15, -0.1) is 0 Å². The van der Waals surface area contributed by atoms with Crippen LogP contribution in [0.15, 0.2) is 22.0 Å². The van der Waals surface area contributed by atoms with Crippen LogP contribution in [0.3, 0.4) is 0 Å². The summed E-state index contributed by atoms with van der Waals surface area (Å²) in [7, 11) is -2.19. The Labute approximate surface area is 216 Å². The number of hydrogen-bond donors (Lipinski definition) is 1. The van der Waals surface area contributed by atoms with Gasteiger partial charge in [0.2, 0.25) is 15.9 Å². The van der Waals surface area contributed by atoms with E-state index in [-0.39, 0.29) is 22.1 Å². The lowest BCUT2D eigenvalue weighted by atomic mass is 10.2. The first kappa shape index (κ1) is 27.2. The molecule has 0 atom stereocenters. The molecule has 13 heteroatoms. The molecule has 1 fully saturated rings. The van der Waals surface area contributed by atoms with Gasteiger partial charge >= 0.3 is 0 Å². The van der Waals surface area contributed by atoms with Crippen molar-refractivity contribution in [3.8, 4) is 17.3 Å². The van der Waals surface area contributed by atoms with Crippen LogP contribution in [-0.2, 0) is 27.7 Å². The SMILES string of the molecule is CCCN1CCN(S(=O)(=O)c2cnc(OCC)c(-c3nc4c(CC)n(CCOC)nc4c(=O)[nH]3)c2)CC1. The molecule has 12 nitrogen and oxygen atoms in total. The number of rotatable bonds is 11. The number of aryl methyl sites for hydroxylation is 1. The second-order valence-electron chi connectivity index (χ2n) is 8.83. The van der Waals surface area contributed by atoms with Crippen molar-refractivity contribution in [3.63, 3.8) is 0 Å². The average molecular weight is 534 g/mol. The molecule has 202 valence electrons. The van der Waals surface area contributed by atoms with E-state index in [0.717, 1.165) is 18.7 Å². The molecule has 0 amide bonds. The van der Waals surface area contributed by atoms with Crippen molar-refractivity contribution in [1.82, 2.24) is 33.9 Å². The van der Waals surface area contributed by atoms with Crippen molar-refractivity contribution in [3.05, 3.63) is 28.3 Å². The van der Waals surface area contributed by atoms with Gasteiger partial charge in [0.15, 0.2) is 5.52 Å². The van der Waals surface area contributed by atoms with Gasteiger partial charge in [0.05, 0.1) is 37.2 Å². The zero-order chi connectivity index (χ0) is 26.6. The van der Waals surface area contributed by atoms with Crippen molar-refractivity contribution in [2.45, 2.75) is 45.1 Å². The smallest absolute Gasteiger partial charge is 0.279 e. The predicted octanol–water partition coefficient (Wildman–Crippen LogP) is 1.51. The molecule has 0 bridgehead atoms. The van der Waals surface area contributed by atoms with Gasteiger partial charge in [0.25, 0.3) is 5.56 Å². The molecule has 1 aliphatic rings. The number of H-pyrrole nitrogens is 1. The molecule has 0 spiro atoms. The summed E-state index contributed by atoms with van der Waals surface area (Å²) < 4.78 is 41.0. The molecule has 1 N–H and O–H groups in total. The van der Waals surface area contributed by atoms with E-state index in [2.05, 4.69) is 26.9 Å². The van der Waals surface area contributed by atoms with E-state index >= 15 is 0 Å². The Morgan fingerprint density at radius 3 is 2.49 bits per heavy atom. The maximum absolute atomic E-state index is 13.5. The third-order valence-electron chi connectivity index (χ3n) is 6.41. The molecule has 0 unspecified atom stereocenters. The maximum Gasteiger partial charge on any atom is 0.279 e. The summed E-state index contributed by atoms with van der Waals surface area (Å²) in [5.74, 6) is 0.376. The summed E-state index contributed by atoms with van der Waals surface area (Å²) >= 11 is 0. The Hall–Kier alpha value is -2.87. The van der Waals surface area contributed by atoms with Gasteiger partial charge in [-0.25, -0.2) is 18.4 Å². The summed E-state index contributed by atoms with van der Waals surface area (Å²) in [5.41, 5.74) is 1.35. The minimum atomic E-state index is -3.80. The molecule has 3 aromatic rings.